The molecule has 0 radical (unpaired) electrons. The number of nitrogens with one attached hydrogen (secondary N) is 1. The highest BCUT2D eigenvalue weighted by atomic mass is 16.2. The average molecular weight is 475 g/mol. The van der Waals surface area contributed by atoms with Gasteiger partial charge in [0.1, 0.15) is 6.04 Å². The quantitative estimate of drug-likeness (QED) is 0.421. The molecule has 1 aromatic heterocycles. The third kappa shape index (κ3) is 5.11. The number of rotatable bonds is 7. The van der Waals surface area contributed by atoms with E-state index in [0.717, 1.165) is 37.9 Å². The Bertz CT molecular complexity index is 1360. The lowest BCUT2D eigenvalue weighted by Crippen LogP contribution is -2.48. The Kier molecular flexibility index (Phi) is 7.29. The Morgan fingerprint density at radius 1 is 0.943 bits per heavy atom. The molecule has 35 heavy (non-hydrogen) atoms. The van der Waals surface area contributed by atoms with Gasteiger partial charge in [0, 0.05) is 25.2 Å². The predicted molar refractivity (Wildman–Crippen MR) is 136 cm³/mol. The van der Waals surface area contributed by atoms with Crippen LogP contribution in [-0.4, -0.2) is 45.0 Å². The summed E-state index contributed by atoms with van der Waals surface area (Å²) >= 11 is 0. The van der Waals surface area contributed by atoms with Crippen LogP contribution in [0.3, 0.4) is 0 Å². The number of hydrogen-bond donors (Lipinski definition) is 1. The maximum Gasteiger partial charge on any atom is 0.317 e. The van der Waals surface area contributed by atoms with Crippen LogP contribution in [0.1, 0.15) is 42.1 Å². The van der Waals surface area contributed by atoms with Crippen molar-refractivity contribution < 1.29 is 9.59 Å². The van der Waals surface area contributed by atoms with Gasteiger partial charge in [-0.25, -0.2) is 0 Å². The first-order chi connectivity index (χ1) is 16.9. The highest BCUT2D eigenvalue weighted by Crippen LogP contribution is 2.14. The molecule has 0 spiro atoms. The van der Waals surface area contributed by atoms with Gasteiger partial charge >= 0.3 is 11.1 Å². The molecule has 1 saturated heterocycles. The predicted octanol–water partition coefficient (Wildman–Crippen LogP) is 2.53. The maximum absolute atomic E-state index is 12.9. The fourth-order valence-corrected chi connectivity index (χ4v) is 4.51. The van der Waals surface area contributed by atoms with Gasteiger partial charge in [-0.3, -0.25) is 28.3 Å². The van der Waals surface area contributed by atoms with Crippen molar-refractivity contribution in [3.05, 3.63) is 93.0 Å². The molecule has 8 nitrogen and oxygen atoms in total. The Morgan fingerprint density at radius 3 is 2.17 bits per heavy atom. The summed E-state index contributed by atoms with van der Waals surface area (Å²) in [5.74, 6) is -0.392. The molecule has 2 aromatic carbocycles. The van der Waals surface area contributed by atoms with E-state index in [0.29, 0.717) is 16.6 Å². The van der Waals surface area contributed by atoms with Crippen molar-refractivity contribution in [2.45, 2.75) is 45.3 Å². The molecule has 182 valence electrons. The van der Waals surface area contributed by atoms with Gasteiger partial charge in [-0.15, -0.1) is 6.58 Å². The molecule has 3 aromatic rings. The van der Waals surface area contributed by atoms with Gasteiger partial charge in [-0.1, -0.05) is 30.3 Å². The zero-order chi connectivity index (χ0) is 24.9. The van der Waals surface area contributed by atoms with Gasteiger partial charge < -0.3 is 10.2 Å². The molecule has 1 fully saturated rings. The Hall–Kier alpha value is -3.94. The lowest BCUT2D eigenvalue weighted by molar-refractivity contribution is -0.133. The zero-order valence-electron chi connectivity index (χ0n) is 19.9. The Balaban J connectivity index is 1.51. The van der Waals surface area contributed by atoms with Crippen LogP contribution in [0.5, 0.6) is 0 Å². The molecule has 0 aliphatic carbocycles. The third-order valence-electron chi connectivity index (χ3n) is 6.39. The van der Waals surface area contributed by atoms with E-state index in [1.807, 2.05) is 17.0 Å². The maximum atomic E-state index is 12.9. The van der Waals surface area contributed by atoms with Gasteiger partial charge in [-0.2, -0.15) is 0 Å². The van der Waals surface area contributed by atoms with Crippen LogP contribution in [-0.2, 0) is 17.9 Å². The molecule has 4 rings (SSSR count). The van der Waals surface area contributed by atoms with Gasteiger partial charge in [0.25, 0.3) is 5.91 Å². The van der Waals surface area contributed by atoms with Crippen molar-refractivity contribution >= 4 is 22.8 Å². The molecule has 1 aliphatic heterocycles. The lowest BCUT2D eigenvalue weighted by Gasteiger charge is -2.29. The normalized spacial score (nSPS) is 14.5. The number of benzene rings is 2. The van der Waals surface area contributed by atoms with Crippen LogP contribution in [0.15, 0.2) is 70.8 Å². The number of fused-ring (bicyclic) bond motifs is 1. The zero-order valence-corrected chi connectivity index (χ0v) is 19.9. The number of allylic oxidation sites excluding steroid dienone is 1. The smallest absolute Gasteiger partial charge is 0.317 e. The number of aromatic nitrogens is 2. The highest BCUT2D eigenvalue weighted by molar-refractivity contribution is 5.97. The fraction of sp³-hybridized carbons (Fsp3) is 0.333. The van der Waals surface area contributed by atoms with Gasteiger partial charge in [0.2, 0.25) is 5.91 Å². The van der Waals surface area contributed by atoms with Crippen molar-refractivity contribution in [1.29, 1.82) is 0 Å². The number of carbonyl (C=O) groups is 2. The Morgan fingerprint density at radius 2 is 1.54 bits per heavy atom. The summed E-state index contributed by atoms with van der Waals surface area (Å²) in [4.78, 5) is 52.7. The molecular weight excluding hydrogens is 444 g/mol. The summed E-state index contributed by atoms with van der Waals surface area (Å²) in [5.41, 5.74) is 1.27. The minimum atomic E-state index is -0.614. The van der Waals surface area contributed by atoms with E-state index in [2.05, 4.69) is 11.9 Å². The first kappa shape index (κ1) is 24.2. The second kappa shape index (κ2) is 10.5. The molecule has 1 aliphatic rings. The number of para-hydroxylation sites is 2. The van der Waals surface area contributed by atoms with Crippen LogP contribution in [0, 0.1) is 0 Å². The lowest BCUT2D eigenvalue weighted by atomic mass is 10.1. The number of hydrogen-bond acceptors (Lipinski definition) is 4. The minimum Gasteiger partial charge on any atom is -0.341 e. The Labute approximate surface area is 203 Å². The molecule has 1 N–H and O–H groups in total. The van der Waals surface area contributed by atoms with Crippen molar-refractivity contribution in [1.82, 2.24) is 19.4 Å². The second-order valence-electron chi connectivity index (χ2n) is 8.86. The molecule has 0 saturated carbocycles. The van der Waals surface area contributed by atoms with E-state index in [1.165, 1.54) is 9.13 Å². The molecule has 2 heterocycles. The van der Waals surface area contributed by atoms with Crippen LogP contribution in [0.2, 0.25) is 0 Å². The van der Waals surface area contributed by atoms with Crippen molar-refractivity contribution in [3.63, 3.8) is 0 Å². The van der Waals surface area contributed by atoms with E-state index in [1.54, 1.807) is 49.4 Å². The first-order valence-corrected chi connectivity index (χ1v) is 11.9. The van der Waals surface area contributed by atoms with E-state index < -0.39 is 17.2 Å². The van der Waals surface area contributed by atoms with Gasteiger partial charge in [0.05, 0.1) is 17.6 Å². The summed E-state index contributed by atoms with van der Waals surface area (Å²) in [6, 6.07) is 13.5. The monoisotopic (exact) mass is 474 g/mol. The number of piperidine rings is 1. The number of nitrogens with zero attached hydrogens (tertiary/aromatic N) is 3. The largest absolute Gasteiger partial charge is 0.341 e. The highest BCUT2D eigenvalue weighted by Gasteiger charge is 2.23. The van der Waals surface area contributed by atoms with Crippen molar-refractivity contribution in [2.24, 2.45) is 0 Å². The molecule has 0 bridgehead atoms. The number of likely N-dealkylation sites (tertiary alicyclic amines) is 1. The van der Waals surface area contributed by atoms with Crippen LogP contribution in [0.4, 0.5) is 0 Å². The van der Waals surface area contributed by atoms with E-state index >= 15 is 0 Å². The van der Waals surface area contributed by atoms with E-state index in [9.17, 15) is 19.2 Å². The fourth-order valence-electron chi connectivity index (χ4n) is 4.51. The second-order valence-corrected chi connectivity index (χ2v) is 8.86. The third-order valence-corrected chi connectivity index (χ3v) is 6.39. The van der Waals surface area contributed by atoms with Crippen LogP contribution in [0.25, 0.3) is 11.0 Å². The van der Waals surface area contributed by atoms with Gasteiger partial charge in [0.15, 0.2) is 0 Å². The number of carbonyl (C=O) groups excluding carboxylic acids is 2. The molecular formula is C27H30N4O4. The van der Waals surface area contributed by atoms with Gasteiger partial charge in [-0.05, 0) is 56.0 Å². The minimum absolute atomic E-state index is 0.0629. The SMILES string of the molecule is C=CCn1c(=O)c(=O)n(Cc2ccc(C(=O)N[C@H](C)C(=O)N3CCCCC3)cc2)c2ccccc21. The first-order valence-electron chi connectivity index (χ1n) is 11.9. The van der Waals surface area contributed by atoms with Crippen LogP contribution < -0.4 is 16.4 Å². The van der Waals surface area contributed by atoms with Crippen LogP contribution >= 0.6 is 0 Å². The van der Waals surface area contributed by atoms with Crippen molar-refractivity contribution in [2.75, 3.05) is 13.1 Å². The summed E-state index contributed by atoms with van der Waals surface area (Å²) in [7, 11) is 0. The average Bonchev–Trinajstić information content (AvgIpc) is 2.89. The topological polar surface area (TPSA) is 93.4 Å². The standard InChI is InChI=1S/C27H30N4O4/c1-3-15-30-22-9-5-6-10-23(22)31(27(35)26(30)34)18-20-11-13-21(14-12-20)24(32)28-19(2)25(33)29-16-7-4-8-17-29/h3,5-6,9-14,19H,1,4,7-8,15-18H2,2H3,(H,28,32)/t19-/m1/s1. The summed E-state index contributed by atoms with van der Waals surface area (Å²) in [5, 5.41) is 2.78. The van der Waals surface area contributed by atoms with E-state index in [4.69, 9.17) is 0 Å². The molecule has 1 atom stereocenters. The molecule has 2 amide bonds. The molecule has 0 unspecified atom stereocenters. The van der Waals surface area contributed by atoms with Crippen molar-refractivity contribution in [3.8, 4) is 0 Å². The number of amides is 2. The molecule has 8 heteroatoms. The summed E-state index contributed by atoms with van der Waals surface area (Å²) in [6.45, 7) is 7.29. The summed E-state index contributed by atoms with van der Waals surface area (Å²) < 4.78 is 2.87. The summed E-state index contributed by atoms with van der Waals surface area (Å²) in [6.07, 6.45) is 4.71. The van der Waals surface area contributed by atoms with E-state index in [-0.39, 0.29) is 24.9 Å².